The predicted molar refractivity (Wildman–Crippen MR) is 69.3 cm³/mol. The van der Waals surface area contributed by atoms with Gasteiger partial charge in [0.15, 0.2) is 0 Å². The van der Waals surface area contributed by atoms with Crippen molar-refractivity contribution in [2.24, 2.45) is 11.1 Å². The first kappa shape index (κ1) is 13.7. The Morgan fingerprint density at radius 1 is 1.41 bits per heavy atom. The van der Waals surface area contributed by atoms with Gasteiger partial charge in [-0.15, -0.1) is 0 Å². The lowest BCUT2D eigenvalue weighted by Gasteiger charge is -2.31. The number of nitrogens with zero attached hydrogens (tertiary/aromatic N) is 3. The fourth-order valence-electron chi connectivity index (χ4n) is 1.55. The molecule has 0 aliphatic rings. The van der Waals surface area contributed by atoms with Gasteiger partial charge in [-0.3, -0.25) is 0 Å². The van der Waals surface area contributed by atoms with Crippen LogP contribution in [0, 0.1) is 5.41 Å². The van der Waals surface area contributed by atoms with Crippen molar-refractivity contribution >= 4 is 5.82 Å². The monoisotopic (exact) mass is 238 g/mol. The molecule has 0 spiro atoms. The Balaban J connectivity index is 2.86. The van der Waals surface area contributed by atoms with Gasteiger partial charge in [0.2, 0.25) is 5.88 Å². The molecule has 1 heterocycles. The van der Waals surface area contributed by atoms with Crippen molar-refractivity contribution in [3.63, 3.8) is 0 Å². The number of rotatable bonds is 6. The highest BCUT2D eigenvalue weighted by Crippen LogP contribution is 2.21. The van der Waals surface area contributed by atoms with Gasteiger partial charge >= 0.3 is 0 Å². The molecule has 0 radical (unpaired) electrons. The number of ether oxygens (including phenoxy) is 1. The summed E-state index contributed by atoms with van der Waals surface area (Å²) in [5, 5.41) is 0. The lowest BCUT2D eigenvalue weighted by molar-refractivity contribution is 0.376. The maximum Gasteiger partial charge on any atom is 0.218 e. The van der Waals surface area contributed by atoms with E-state index in [0.29, 0.717) is 12.4 Å². The van der Waals surface area contributed by atoms with Gasteiger partial charge in [-0.2, -0.15) is 0 Å². The average Bonchev–Trinajstić information content (AvgIpc) is 2.36. The minimum atomic E-state index is 0.0637. The largest absolute Gasteiger partial charge is 0.481 e. The highest BCUT2D eigenvalue weighted by Gasteiger charge is 2.20. The zero-order valence-electron chi connectivity index (χ0n) is 11.1. The van der Waals surface area contributed by atoms with E-state index in [1.165, 1.54) is 6.33 Å². The highest BCUT2D eigenvalue weighted by molar-refractivity contribution is 5.40. The highest BCUT2D eigenvalue weighted by atomic mass is 16.5. The second kappa shape index (κ2) is 5.82. The van der Waals surface area contributed by atoms with Crippen LogP contribution in [0.15, 0.2) is 12.4 Å². The molecule has 0 unspecified atom stereocenters. The molecule has 2 N–H and O–H groups in total. The Hall–Kier alpha value is -1.36. The van der Waals surface area contributed by atoms with E-state index >= 15 is 0 Å². The van der Waals surface area contributed by atoms with Gasteiger partial charge in [-0.05, 0) is 18.9 Å². The molecule has 0 amide bonds. The lowest BCUT2D eigenvalue weighted by Crippen LogP contribution is -2.39. The Morgan fingerprint density at radius 3 is 2.65 bits per heavy atom. The third-order valence-electron chi connectivity index (χ3n) is 2.71. The second-order valence-corrected chi connectivity index (χ2v) is 4.80. The van der Waals surface area contributed by atoms with Crippen molar-refractivity contribution in [1.82, 2.24) is 9.97 Å². The van der Waals surface area contributed by atoms with Crippen LogP contribution in [0.2, 0.25) is 0 Å². The smallest absolute Gasteiger partial charge is 0.218 e. The summed E-state index contributed by atoms with van der Waals surface area (Å²) < 4.78 is 5.10. The van der Waals surface area contributed by atoms with Crippen molar-refractivity contribution in [3.8, 4) is 5.88 Å². The summed E-state index contributed by atoms with van der Waals surface area (Å²) in [7, 11) is 1.60. The molecule has 17 heavy (non-hydrogen) atoms. The first-order chi connectivity index (χ1) is 8.02. The Kier molecular flexibility index (Phi) is 4.69. The first-order valence-corrected chi connectivity index (χ1v) is 5.83. The van der Waals surface area contributed by atoms with Gasteiger partial charge in [0.25, 0.3) is 0 Å². The van der Waals surface area contributed by atoms with Gasteiger partial charge in [-0.25, -0.2) is 9.97 Å². The third-order valence-corrected chi connectivity index (χ3v) is 2.71. The fourth-order valence-corrected chi connectivity index (χ4v) is 1.55. The number of aromatic nitrogens is 2. The minimum absolute atomic E-state index is 0.0637. The zero-order chi connectivity index (χ0) is 12.9. The molecule has 0 atom stereocenters. The number of hydrogen-bond donors (Lipinski definition) is 1. The van der Waals surface area contributed by atoms with Crippen LogP contribution in [0.3, 0.4) is 0 Å². The summed E-state index contributed by atoms with van der Waals surface area (Å²) in [5.41, 5.74) is 5.82. The van der Waals surface area contributed by atoms with Crippen LogP contribution >= 0.6 is 0 Å². The summed E-state index contributed by atoms with van der Waals surface area (Å²) >= 11 is 0. The van der Waals surface area contributed by atoms with E-state index < -0.39 is 0 Å². The number of methoxy groups -OCH3 is 1. The Bertz CT molecular complexity index is 354. The molecule has 0 aliphatic carbocycles. The average molecular weight is 238 g/mol. The van der Waals surface area contributed by atoms with E-state index in [-0.39, 0.29) is 5.41 Å². The first-order valence-electron chi connectivity index (χ1n) is 5.83. The molecule has 0 saturated heterocycles. The quantitative estimate of drug-likeness (QED) is 0.809. The van der Waals surface area contributed by atoms with Crippen molar-refractivity contribution < 1.29 is 4.74 Å². The van der Waals surface area contributed by atoms with Gasteiger partial charge < -0.3 is 15.4 Å². The molecule has 96 valence electrons. The van der Waals surface area contributed by atoms with Crippen molar-refractivity contribution in [2.75, 3.05) is 31.6 Å². The number of nitrogens with two attached hydrogens (primary N) is 1. The molecule has 1 rings (SSSR count). The van der Waals surface area contributed by atoms with E-state index in [1.807, 2.05) is 6.07 Å². The molecular weight excluding hydrogens is 216 g/mol. The third kappa shape index (κ3) is 3.85. The van der Waals surface area contributed by atoms with Gasteiger partial charge in [0.1, 0.15) is 12.1 Å². The summed E-state index contributed by atoms with van der Waals surface area (Å²) in [6.45, 7) is 8.78. The summed E-state index contributed by atoms with van der Waals surface area (Å²) in [4.78, 5) is 10.5. The van der Waals surface area contributed by atoms with Crippen LogP contribution in [0.5, 0.6) is 5.88 Å². The van der Waals surface area contributed by atoms with Crippen molar-refractivity contribution in [2.45, 2.75) is 20.8 Å². The lowest BCUT2D eigenvalue weighted by atomic mass is 9.93. The predicted octanol–water partition coefficient (Wildman–Crippen LogP) is 1.30. The minimum Gasteiger partial charge on any atom is -0.481 e. The van der Waals surface area contributed by atoms with Crippen molar-refractivity contribution in [3.05, 3.63) is 12.4 Å². The van der Waals surface area contributed by atoms with Gasteiger partial charge in [0, 0.05) is 19.2 Å². The normalized spacial score (nSPS) is 11.4. The molecule has 1 aromatic rings. The van der Waals surface area contributed by atoms with Crippen LogP contribution in [0.25, 0.3) is 0 Å². The molecule has 0 bridgehead atoms. The van der Waals surface area contributed by atoms with Crippen LogP contribution in [0.1, 0.15) is 20.8 Å². The maximum absolute atomic E-state index is 5.76. The van der Waals surface area contributed by atoms with Gasteiger partial charge in [0.05, 0.1) is 7.11 Å². The molecular formula is C12H22N4O. The van der Waals surface area contributed by atoms with E-state index in [2.05, 4.69) is 35.6 Å². The molecule has 0 saturated carbocycles. The molecule has 1 aromatic heterocycles. The van der Waals surface area contributed by atoms with E-state index in [4.69, 9.17) is 10.5 Å². The van der Waals surface area contributed by atoms with E-state index in [1.54, 1.807) is 7.11 Å². The van der Waals surface area contributed by atoms with E-state index in [9.17, 15) is 0 Å². The molecule has 0 aromatic carbocycles. The maximum atomic E-state index is 5.76. The molecule has 0 fully saturated rings. The fraction of sp³-hybridized carbons (Fsp3) is 0.667. The molecule has 5 nitrogen and oxygen atoms in total. The molecule has 5 heteroatoms. The van der Waals surface area contributed by atoms with E-state index in [0.717, 1.165) is 18.9 Å². The number of hydrogen-bond acceptors (Lipinski definition) is 5. The molecule has 0 aliphatic heterocycles. The Labute approximate surface area is 103 Å². The SMILES string of the molecule is CCN(CC(C)(C)CN)c1cc(OC)ncn1. The van der Waals surface area contributed by atoms with Gasteiger partial charge in [-0.1, -0.05) is 13.8 Å². The van der Waals surface area contributed by atoms with Crippen molar-refractivity contribution in [1.29, 1.82) is 0 Å². The second-order valence-electron chi connectivity index (χ2n) is 4.80. The topological polar surface area (TPSA) is 64.3 Å². The summed E-state index contributed by atoms with van der Waals surface area (Å²) in [6, 6.07) is 1.84. The Morgan fingerprint density at radius 2 is 2.12 bits per heavy atom. The number of anilines is 1. The van der Waals surface area contributed by atoms with Crippen LogP contribution in [-0.2, 0) is 0 Å². The summed E-state index contributed by atoms with van der Waals surface area (Å²) in [5.74, 6) is 1.46. The zero-order valence-corrected chi connectivity index (χ0v) is 11.1. The standard InChI is InChI=1S/C12H22N4O/c1-5-16(8-12(2,3)7-13)10-6-11(17-4)15-9-14-10/h6,9H,5,7-8,13H2,1-4H3. The van der Waals surface area contributed by atoms with Crippen LogP contribution in [0.4, 0.5) is 5.82 Å². The summed E-state index contributed by atoms with van der Waals surface area (Å²) in [6.07, 6.45) is 1.52. The van der Waals surface area contributed by atoms with Crippen LogP contribution < -0.4 is 15.4 Å². The van der Waals surface area contributed by atoms with Crippen LogP contribution in [-0.4, -0.2) is 36.7 Å².